The molecule has 2 amide bonds. The predicted octanol–water partition coefficient (Wildman–Crippen LogP) is 4.16. The van der Waals surface area contributed by atoms with Crippen molar-refractivity contribution in [1.82, 2.24) is 15.4 Å². The van der Waals surface area contributed by atoms with E-state index in [1.165, 1.54) is 19.3 Å². The van der Waals surface area contributed by atoms with E-state index in [1.807, 2.05) is 0 Å². The zero-order valence-corrected chi connectivity index (χ0v) is 16.4. The molecule has 6 nitrogen and oxygen atoms in total. The standard InChI is InChI=1S/C19H17F7N4O2/c1-11(31)30-15-5-4-14(17(20,18(21,22)23)19(24,25)26)7-13(15)10-29(16(30)32)28-9-12-3-2-6-27-8-12/h2-8,11,28,31H,9-10H2,1H3. The van der Waals surface area contributed by atoms with Crippen LogP contribution >= 0.6 is 0 Å². The van der Waals surface area contributed by atoms with Crippen molar-refractivity contribution in [3.05, 3.63) is 59.4 Å². The number of nitrogens with zero attached hydrogens (tertiary/aromatic N) is 3. The number of rotatable bonds is 5. The minimum Gasteiger partial charge on any atom is -0.373 e. The van der Waals surface area contributed by atoms with E-state index in [9.17, 15) is 40.6 Å². The van der Waals surface area contributed by atoms with Crippen LogP contribution in [0.4, 0.5) is 41.2 Å². The lowest BCUT2D eigenvalue weighted by Crippen LogP contribution is -2.55. The summed E-state index contributed by atoms with van der Waals surface area (Å²) in [6.45, 7) is 0.753. The Kier molecular flexibility index (Phi) is 6.08. The number of aromatic nitrogens is 1. The molecule has 0 saturated heterocycles. The van der Waals surface area contributed by atoms with Gasteiger partial charge in [0.15, 0.2) is 0 Å². The summed E-state index contributed by atoms with van der Waals surface area (Å²) in [7, 11) is 0. The van der Waals surface area contributed by atoms with E-state index in [0.717, 1.165) is 16.0 Å². The van der Waals surface area contributed by atoms with Crippen molar-refractivity contribution in [2.45, 2.75) is 44.3 Å². The molecular formula is C19H17F7N4O2. The SMILES string of the molecule is CC(O)N1C(=O)N(NCc2cccnc2)Cc2cc(C(F)(C(F)(F)F)C(F)(F)F)ccc21. The number of aliphatic hydroxyl groups excluding tert-OH is 1. The molecule has 32 heavy (non-hydrogen) atoms. The molecule has 1 aromatic carbocycles. The molecule has 0 bridgehead atoms. The molecule has 0 spiro atoms. The average Bonchev–Trinajstić information content (AvgIpc) is 2.70. The zero-order valence-electron chi connectivity index (χ0n) is 16.4. The van der Waals surface area contributed by atoms with Gasteiger partial charge in [0.25, 0.3) is 0 Å². The molecule has 0 saturated carbocycles. The van der Waals surface area contributed by atoms with Crippen molar-refractivity contribution >= 4 is 11.7 Å². The lowest BCUT2D eigenvalue weighted by Gasteiger charge is -2.39. The molecule has 1 atom stereocenters. The van der Waals surface area contributed by atoms with Gasteiger partial charge in [-0.15, -0.1) is 0 Å². The van der Waals surface area contributed by atoms with Gasteiger partial charge in [0.05, 0.1) is 12.2 Å². The van der Waals surface area contributed by atoms with Gasteiger partial charge in [-0.25, -0.2) is 14.6 Å². The molecule has 2 N–H and O–H groups in total. The van der Waals surface area contributed by atoms with Gasteiger partial charge < -0.3 is 5.11 Å². The van der Waals surface area contributed by atoms with Crippen molar-refractivity contribution in [1.29, 1.82) is 0 Å². The Balaban J connectivity index is 2.02. The number of nitrogens with one attached hydrogen (secondary N) is 1. The fourth-order valence-electron chi connectivity index (χ4n) is 3.29. The third-order valence-corrected chi connectivity index (χ3v) is 4.85. The molecule has 0 radical (unpaired) electrons. The fourth-order valence-corrected chi connectivity index (χ4v) is 3.29. The third-order valence-electron chi connectivity index (χ3n) is 4.85. The molecule has 2 aromatic rings. The summed E-state index contributed by atoms with van der Waals surface area (Å²) in [5, 5.41) is 10.9. The van der Waals surface area contributed by atoms with E-state index in [4.69, 9.17) is 0 Å². The van der Waals surface area contributed by atoms with Crippen LogP contribution in [0, 0.1) is 0 Å². The molecule has 1 aromatic heterocycles. The van der Waals surface area contributed by atoms with Crippen molar-refractivity contribution in [2.24, 2.45) is 0 Å². The van der Waals surface area contributed by atoms with Crippen LogP contribution in [0.15, 0.2) is 42.7 Å². The van der Waals surface area contributed by atoms with Crippen LogP contribution in [0.2, 0.25) is 0 Å². The first kappa shape index (κ1) is 23.7. The van der Waals surface area contributed by atoms with E-state index in [1.54, 1.807) is 12.1 Å². The summed E-state index contributed by atoms with van der Waals surface area (Å²) < 4.78 is 93.3. The zero-order chi connectivity index (χ0) is 23.9. The van der Waals surface area contributed by atoms with E-state index in [2.05, 4.69) is 10.4 Å². The van der Waals surface area contributed by atoms with Crippen LogP contribution < -0.4 is 10.3 Å². The number of hydrogen-bond donors (Lipinski definition) is 2. The topological polar surface area (TPSA) is 68.7 Å². The number of fused-ring (bicyclic) bond motifs is 1. The maximum absolute atomic E-state index is 14.5. The first-order valence-electron chi connectivity index (χ1n) is 9.14. The van der Waals surface area contributed by atoms with Crippen LogP contribution in [-0.4, -0.2) is 39.7 Å². The summed E-state index contributed by atoms with van der Waals surface area (Å²) in [5.41, 5.74) is -4.34. The maximum Gasteiger partial charge on any atom is 0.435 e. The monoisotopic (exact) mass is 466 g/mol. The number of pyridine rings is 1. The Labute approximate surface area is 177 Å². The largest absolute Gasteiger partial charge is 0.435 e. The lowest BCUT2D eigenvalue weighted by molar-refractivity contribution is -0.348. The number of anilines is 1. The first-order valence-corrected chi connectivity index (χ1v) is 9.14. The van der Waals surface area contributed by atoms with Gasteiger partial charge in [-0.1, -0.05) is 12.1 Å². The Morgan fingerprint density at radius 1 is 1.12 bits per heavy atom. The summed E-state index contributed by atoms with van der Waals surface area (Å²) >= 11 is 0. The van der Waals surface area contributed by atoms with Gasteiger partial charge in [-0.3, -0.25) is 14.9 Å². The highest BCUT2D eigenvalue weighted by atomic mass is 19.4. The Hall–Kier alpha value is -2.93. The molecular weight excluding hydrogens is 449 g/mol. The fraction of sp³-hybridized carbons (Fsp3) is 0.368. The van der Waals surface area contributed by atoms with Gasteiger partial charge in [-0.2, -0.15) is 26.3 Å². The molecule has 174 valence electrons. The predicted molar refractivity (Wildman–Crippen MR) is 97.5 cm³/mol. The highest BCUT2D eigenvalue weighted by Crippen LogP contribution is 2.53. The van der Waals surface area contributed by atoms with Crippen molar-refractivity contribution in [3.8, 4) is 0 Å². The van der Waals surface area contributed by atoms with Gasteiger partial charge in [0.1, 0.15) is 6.23 Å². The highest BCUT2D eigenvalue weighted by molar-refractivity contribution is 5.95. The molecule has 0 aliphatic carbocycles. The van der Waals surface area contributed by atoms with Gasteiger partial charge in [-0.05, 0) is 36.2 Å². The maximum atomic E-state index is 14.5. The molecule has 1 aliphatic heterocycles. The molecule has 13 heteroatoms. The van der Waals surface area contributed by atoms with E-state index >= 15 is 0 Å². The van der Waals surface area contributed by atoms with Crippen LogP contribution in [0.3, 0.4) is 0 Å². The van der Waals surface area contributed by atoms with Crippen LogP contribution in [0.1, 0.15) is 23.6 Å². The van der Waals surface area contributed by atoms with Crippen molar-refractivity contribution < 1.29 is 40.6 Å². The first-order chi connectivity index (χ1) is 14.8. The van der Waals surface area contributed by atoms with Crippen molar-refractivity contribution in [2.75, 3.05) is 4.90 Å². The number of urea groups is 1. The lowest BCUT2D eigenvalue weighted by atomic mass is 9.91. The smallest absolute Gasteiger partial charge is 0.373 e. The summed E-state index contributed by atoms with van der Waals surface area (Å²) in [6, 6.07) is 3.94. The Morgan fingerprint density at radius 3 is 2.31 bits per heavy atom. The number of carbonyl (C=O) groups is 1. The molecule has 3 rings (SSSR count). The molecule has 1 aliphatic rings. The van der Waals surface area contributed by atoms with Crippen molar-refractivity contribution in [3.63, 3.8) is 0 Å². The second-order valence-corrected chi connectivity index (χ2v) is 7.06. The number of halogens is 7. The number of hydrazine groups is 1. The van der Waals surface area contributed by atoms with Gasteiger partial charge in [0, 0.05) is 24.5 Å². The molecule has 2 heterocycles. The van der Waals surface area contributed by atoms with Gasteiger partial charge in [0.2, 0.25) is 0 Å². The second kappa shape index (κ2) is 8.20. The molecule has 1 unspecified atom stereocenters. The minimum atomic E-state index is -6.27. The summed E-state index contributed by atoms with van der Waals surface area (Å²) in [6.07, 6.45) is -11.0. The quantitative estimate of drug-likeness (QED) is 0.650. The average molecular weight is 466 g/mol. The Bertz CT molecular complexity index is 966. The summed E-state index contributed by atoms with van der Waals surface area (Å²) in [4.78, 5) is 17.4. The highest BCUT2D eigenvalue weighted by Gasteiger charge is 2.73. The second-order valence-electron chi connectivity index (χ2n) is 7.06. The van der Waals surface area contributed by atoms with E-state index in [-0.39, 0.29) is 17.8 Å². The number of carbonyl (C=O) groups excluding carboxylic acids is 1. The third kappa shape index (κ3) is 4.09. The number of alkyl halides is 7. The molecule has 0 fully saturated rings. The number of amides is 2. The minimum absolute atomic E-state index is 0.0421. The van der Waals surface area contributed by atoms with Gasteiger partial charge >= 0.3 is 24.1 Å². The number of hydrogen-bond acceptors (Lipinski definition) is 4. The number of benzene rings is 1. The van der Waals surface area contributed by atoms with Crippen LogP contribution in [-0.2, 0) is 18.8 Å². The van der Waals surface area contributed by atoms with Crippen LogP contribution in [0.5, 0.6) is 0 Å². The number of aliphatic hydroxyl groups is 1. The normalized spacial score (nSPS) is 16.2. The van der Waals surface area contributed by atoms with Crippen LogP contribution in [0.25, 0.3) is 0 Å². The Morgan fingerprint density at radius 2 is 1.78 bits per heavy atom. The van der Waals surface area contributed by atoms with E-state index < -0.39 is 42.4 Å². The van der Waals surface area contributed by atoms with E-state index in [0.29, 0.717) is 17.7 Å². The summed E-state index contributed by atoms with van der Waals surface area (Å²) in [5.74, 6) is 0.